The first-order valence-electron chi connectivity index (χ1n) is 13.3. The molecule has 1 aliphatic carbocycles. The van der Waals surface area contributed by atoms with Crippen LogP contribution in [0.15, 0.2) is 48.0 Å². The van der Waals surface area contributed by atoms with E-state index in [9.17, 15) is 4.79 Å². The Morgan fingerprint density at radius 2 is 1.71 bits per heavy atom. The molecule has 2 heterocycles. The van der Waals surface area contributed by atoms with Crippen molar-refractivity contribution in [1.29, 1.82) is 0 Å². The van der Waals surface area contributed by atoms with Gasteiger partial charge in [-0.1, -0.05) is 23.8 Å². The maximum Gasteiger partial charge on any atom is 0.238 e. The fraction of sp³-hybridized carbons (Fsp3) is 0.500. The Kier molecular flexibility index (Phi) is 7.54. The number of fused-ring (bicyclic) bond motifs is 1. The van der Waals surface area contributed by atoms with E-state index in [0.717, 1.165) is 56.8 Å². The summed E-state index contributed by atoms with van der Waals surface area (Å²) in [7, 11) is 1.70. The van der Waals surface area contributed by atoms with Crippen LogP contribution in [0.25, 0.3) is 5.57 Å². The molecule has 3 aliphatic rings. The molecule has 0 unspecified atom stereocenters. The number of ether oxygens (including phenoxy) is 1. The van der Waals surface area contributed by atoms with E-state index in [-0.39, 0.29) is 5.91 Å². The quantitative estimate of drug-likeness (QED) is 0.590. The zero-order valence-corrected chi connectivity index (χ0v) is 21.3. The van der Waals surface area contributed by atoms with E-state index in [2.05, 4.69) is 52.4 Å². The van der Waals surface area contributed by atoms with Crippen LogP contribution >= 0.6 is 0 Å². The van der Waals surface area contributed by atoms with Crippen LogP contribution in [-0.2, 0) is 11.2 Å². The molecule has 5 heteroatoms. The highest BCUT2D eigenvalue weighted by atomic mass is 16.5. The van der Waals surface area contributed by atoms with Gasteiger partial charge in [0.05, 0.1) is 13.7 Å². The second kappa shape index (κ2) is 11.0. The molecule has 0 saturated carbocycles. The van der Waals surface area contributed by atoms with E-state index >= 15 is 0 Å². The normalized spacial score (nSPS) is 19.6. The van der Waals surface area contributed by atoms with Crippen molar-refractivity contribution < 1.29 is 9.53 Å². The predicted molar refractivity (Wildman–Crippen MR) is 143 cm³/mol. The Morgan fingerprint density at radius 1 is 0.971 bits per heavy atom. The smallest absolute Gasteiger partial charge is 0.238 e. The number of piperidine rings is 1. The van der Waals surface area contributed by atoms with Crippen LogP contribution in [0.1, 0.15) is 61.6 Å². The summed E-state index contributed by atoms with van der Waals surface area (Å²) in [4.78, 5) is 17.7. The van der Waals surface area contributed by atoms with E-state index in [4.69, 9.17) is 4.74 Å². The highest BCUT2D eigenvalue weighted by Crippen LogP contribution is 2.34. The van der Waals surface area contributed by atoms with E-state index in [1.807, 2.05) is 12.1 Å². The number of likely N-dealkylation sites (tertiary alicyclic amines) is 2. The Morgan fingerprint density at radius 3 is 2.43 bits per heavy atom. The summed E-state index contributed by atoms with van der Waals surface area (Å²) < 4.78 is 5.27. The highest BCUT2D eigenvalue weighted by molar-refractivity contribution is 5.92. The molecule has 2 aromatic rings. The van der Waals surface area contributed by atoms with Gasteiger partial charge in [0.15, 0.2) is 0 Å². The number of carbonyl (C=O) groups excluding carboxylic acids is 1. The summed E-state index contributed by atoms with van der Waals surface area (Å²) in [6, 6.07) is 14.9. The number of aryl methyl sites for hydroxylation is 1. The monoisotopic (exact) mass is 473 g/mol. The second-order valence-electron chi connectivity index (χ2n) is 10.5. The molecule has 5 rings (SSSR count). The van der Waals surface area contributed by atoms with Crippen LogP contribution in [0, 0.1) is 0 Å². The van der Waals surface area contributed by atoms with Gasteiger partial charge < -0.3 is 10.1 Å². The third-order valence-electron chi connectivity index (χ3n) is 8.17. The van der Waals surface area contributed by atoms with Gasteiger partial charge in [-0.25, -0.2) is 0 Å². The number of methoxy groups -OCH3 is 1. The Hall–Kier alpha value is -2.63. The average Bonchev–Trinajstić information content (AvgIpc) is 3.39. The maximum absolute atomic E-state index is 12.8. The fourth-order valence-electron chi connectivity index (χ4n) is 6.02. The van der Waals surface area contributed by atoms with Crippen molar-refractivity contribution >= 4 is 17.2 Å². The summed E-state index contributed by atoms with van der Waals surface area (Å²) in [5, 5.41) is 3.16. The lowest BCUT2D eigenvalue weighted by Gasteiger charge is -2.31. The fourth-order valence-corrected chi connectivity index (χ4v) is 6.02. The topological polar surface area (TPSA) is 44.8 Å². The third-order valence-corrected chi connectivity index (χ3v) is 8.17. The summed E-state index contributed by atoms with van der Waals surface area (Å²) in [6.07, 6.45) is 7.06. The van der Waals surface area contributed by atoms with Crippen LogP contribution in [-0.4, -0.2) is 62.1 Å². The van der Waals surface area contributed by atoms with Gasteiger partial charge in [-0.3, -0.25) is 14.6 Å². The van der Waals surface area contributed by atoms with Gasteiger partial charge in [0.25, 0.3) is 0 Å². The van der Waals surface area contributed by atoms with Crippen LogP contribution in [0.3, 0.4) is 0 Å². The molecule has 2 saturated heterocycles. The van der Waals surface area contributed by atoms with Gasteiger partial charge in [-0.05, 0) is 124 Å². The number of rotatable bonds is 7. The average molecular weight is 474 g/mol. The van der Waals surface area contributed by atoms with E-state index in [0.29, 0.717) is 12.5 Å². The molecule has 2 aliphatic heterocycles. The van der Waals surface area contributed by atoms with Gasteiger partial charge in [0, 0.05) is 12.2 Å². The minimum atomic E-state index is 0.0886. The summed E-state index contributed by atoms with van der Waals surface area (Å²) in [6.45, 7) is 8.26. The number of nitrogens with one attached hydrogen (secondary N) is 1. The Balaban J connectivity index is 1.13. The molecule has 1 N–H and O–H groups in total. The standard InChI is InChI=1S/C30H39N3O2/c1-22-26(20-32-15-3-4-16-32)6-5-25-19-27(9-12-29(22)25)31-30(34)21-33-17-13-24(14-18-33)23-7-10-28(35-2)11-8-23/h7-12,19,24H,3-6,13-18,20-21H2,1-2H3,(H,31,34). The number of nitrogens with zero attached hydrogens (tertiary/aromatic N) is 2. The third kappa shape index (κ3) is 5.79. The van der Waals surface area contributed by atoms with Gasteiger partial charge >= 0.3 is 0 Å². The van der Waals surface area contributed by atoms with Crippen LogP contribution in [0.4, 0.5) is 5.69 Å². The molecule has 0 bridgehead atoms. The first-order valence-corrected chi connectivity index (χ1v) is 13.3. The molecule has 2 aromatic carbocycles. The predicted octanol–water partition coefficient (Wildman–Crippen LogP) is 5.33. The van der Waals surface area contributed by atoms with Crippen molar-refractivity contribution in [3.05, 3.63) is 64.7 Å². The van der Waals surface area contributed by atoms with Gasteiger partial charge in [0.2, 0.25) is 5.91 Å². The summed E-state index contributed by atoms with van der Waals surface area (Å²) >= 11 is 0. The SMILES string of the molecule is COc1ccc(C2CCN(CC(=O)Nc3ccc4c(c3)CCC(CN3CCCC3)=C4C)CC2)cc1. The Bertz CT molecular complexity index is 1060. The Labute approximate surface area is 210 Å². The number of hydrogen-bond donors (Lipinski definition) is 1. The van der Waals surface area contributed by atoms with Crippen LogP contribution in [0.5, 0.6) is 5.75 Å². The van der Waals surface area contributed by atoms with E-state index in [1.54, 1.807) is 12.7 Å². The first kappa shape index (κ1) is 24.1. The van der Waals surface area contributed by atoms with Crippen molar-refractivity contribution in [3.8, 4) is 5.75 Å². The van der Waals surface area contributed by atoms with Gasteiger partial charge in [-0.15, -0.1) is 0 Å². The lowest BCUT2D eigenvalue weighted by atomic mass is 9.86. The summed E-state index contributed by atoms with van der Waals surface area (Å²) in [5.74, 6) is 1.55. The molecule has 35 heavy (non-hydrogen) atoms. The molecule has 0 spiro atoms. The molecule has 186 valence electrons. The number of benzene rings is 2. The number of amides is 1. The second-order valence-corrected chi connectivity index (χ2v) is 10.5. The maximum atomic E-state index is 12.8. The number of carbonyl (C=O) groups is 1. The number of anilines is 1. The molecular weight excluding hydrogens is 434 g/mol. The molecular formula is C30H39N3O2. The number of hydrogen-bond acceptors (Lipinski definition) is 4. The van der Waals surface area contributed by atoms with Crippen molar-refractivity contribution in [1.82, 2.24) is 9.80 Å². The molecule has 5 nitrogen and oxygen atoms in total. The van der Waals surface area contributed by atoms with Gasteiger partial charge in [-0.2, -0.15) is 0 Å². The van der Waals surface area contributed by atoms with Crippen molar-refractivity contribution in [2.75, 3.05) is 51.7 Å². The molecule has 0 aromatic heterocycles. The summed E-state index contributed by atoms with van der Waals surface area (Å²) in [5.41, 5.74) is 8.06. The molecule has 1 amide bonds. The van der Waals surface area contributed by atoms with E-state index < -0.39 is 0 Å². The lowest BCUT2D eigenvalue weighted by Crippen LogP contribution is -2.38. The van der Waals surface area contributed by atoms with Gasteiger partial charge in [0.1, 0.15) is 5.75 Å². The van der Waals surface area contributed by atoms with Crippen LogP contribution in [0.2, 0.25) is 0 Å². The highest BCUT2D eigenvalue weighted by Gasteiger charge is 2.23. The molecule has 2 fully saturated rings. The minimum absolute atomic E-state index is 0.0886. The zero-order chi connectivity index (χ0) is 24.2. The zero-order valence-electron chi connectivity index (χ0n) is 21.3. The molecule has 0 radical (unpaired) electrons. The van der Waals surface area contributed by atoms with Crippen molar-refractivity contribution in [3.63, 3.8) is 0 Å². The lowest BCUT2D eigenvalue weighted by molar-refractivity contribution is -0.117. The largest absolute Gasteiger partial charge is 0.497 e. The number of allylic oxidation sites excluding steroid dienone is 1. The first-order chi connectivity index (χ1) is 17.1. The van der Waals surface area contributed by atoms with Crippen molar-refractivity contribution in [2.24, 2.45) is 0 Å². The van der Waals surface area contributed by atoms with E-state index in [1.165, 1.54) is 48.2 Å². The van der Waals surface area contributed by atoms with Crippen LogP contribution < -0.4 is 10.1 Å². The van der Waals surface area contributed by atoms with Crippen molar-refractivity contribution in [2.45, 2.75) is 51.4 Å². The minimum Gasteiger partial charge on any atom is -0.497 e. The molecule has 0 atom stereocenters.